The summed E-state index contributed by atoms with van der Waals surface area (Å²) in [4.78, 5) is 26.2. The molecule has 2 heterocycles. The minimum Gasteiger partial charge on any atom is -0.320 e. The number of nitrogens with two attached hydrogens (primary N) is 1. The van der Waals surface area contributed by atoms with E-state index in [0.717, 1.165) is 10.4 Å². The van der Waals surface area contributed by atoms with Gasteiger partial charge in [0.05, 0.1) is 13.1 Å². The summed E-state index contributed by atoms with van der Waals surface area (Å²) in [6.07, 6.45) is 1.56. The molecule has 98 valence electrons. The number of nitrogens with one attached hydrogen (secondary N) is 1. The maximum Gasteiger partial charge on any atom is 0.328 e. The molecule has 2 rings (SSSR count). The first-order chi connectivity index (χ1) is 9.10. The third-order valence-electron chi connectivity index (χ3n) is 2.50. The number of aromatic nitrogens is 2. The van der Waals surface area contributed by atoms with Crippen molar-refractivity contribution in [2.24, 2.45) is 5.73 Å². The van der Waals surface area contributed by atoms with Gasteiger partial charge in [-0.25, -0.2) is 4.79 Å². The molecule has 6 heteroatoms. The molecule has 0 unspecified atom stereocenters. The maximum atomic E-state index is 11.6. The lowest BCUT2D eigenvalue weighted by Crippen LogP contribution is -2.30. The Balaban J connectivity index is 2.27. The molecule has 5 nitrogen and oxygen atoms in total. The van der Waals surface area contributed by atoms with Gasteiger partial charge in [-0.05, 0) is 13.0 Å². The number of aromatic amines is 1. The fourth-order valence-corrected chi connectivity index (χ4v) is 2.40. The number of H-pyrrole nitrogens is 1. The molecular formula is C13H13N3O2S. The number of hydrogen-bond donors (Lipinski definition) is 2. The first-order valence-corrected chi connectivity index (χ1v) is 6.55. The average molecular weight is 275 g/mol. The van der Waals surface area contributed by atoms with Crippen LogP contribution in [0.3, 0.4) is 0 Å². The molecule has 0 fully saturated rings. The second-order valence-electron chi connectivity index (χ2n) is 4.01. The average Bonchev–Trinajstić information content (AvgIpc) is 2.81. The van der Waals surface area contributed by atoms with Crippen molar-refractivity contribution in [2.75, 3.05) is 6.54 Å². The van der Waals surface area contributed by atoms with E-state index in [1.54, 1.807) is 13.1 Å². The molecule has 2 aromatic rings. The summed E-state index contributed by atoms with van der Waals surface area (Å²) in [6.45, 7) is 2.41. The van der Waals surface area contributed by atoms with Gasteiger partial charge >= 0.3 is 5.69 Å². The van der Waals surface area contributed by atoms with Gasteiger partial charge in [0, 0.05) is 27.6 Å². The highest BCUT2D eigenvalue weighted by Crippen LogP contribution is 2.14. The fourth-order valence-electron chi connectivity index (χ4n) is 1.59. The first-order valence-electron chi connectivity index (χ1n) is 5.67. The van der Waals surface area contributed by atoms with Crippen LogP contribution in [-0.2, 0) is 6.54 Å². The van der Waals surface area contributed by atoms with E-state index in [1.807, 2.05) is 11.4 Å². The molecule has 0 radical (unpaired) electrons. The lowest BCUT2D eigenvalue weighted by molar-refractivity contribution is 0.721. The molecule has 0 aliphatic heterocycles. The van der Waals surface area contributed by atoms with Crippen molar-refractivity contribution in [3.8, 4) is 11.8 Å². The zero-order valence-electron chi connectivity index (χ0n) is 10.4. The van der Waals surface area contributed by atoms with Gasteiger partial charge < -0.3 is 5.73 Å². The van der Waals surface area contributed by atoms with Crippen molar-refractivity contribution in [1.29, 1.82) is 0 Å². The number of aryl methyl sites for hydroxylation is 1. The predicted molar refractivity (Wildman–Crippen MR) is 75.4 cm³/mol. The lowest BCUT2D eigenvalue weighted by Gasteiger charge is -2.03. The summed E-state index contributed by atoms with van der Waals surface area (Å²) in [7, 11) is 0. The molecule has 0 aromatic carbocycles. The monoisotopic (exact) mass is 275 g/mol. The van der Waals surface area contributed by atoms with E-state index in [1.165, 1.54) is 15.9 Å². The SMILES string of the molecule is Cc1cn(Cc2cc(C#CCN)cs2)c(=O)[nH]c1=O. The van der Waals surface area contributed by atoms with Crippen molar-refractivity contribution in [2.45, 2.75) is 13.5 Å². The Morgan fingerprint density at radius 1 is 1.47 bits per heavy atom. The molecule has 0 saturated heterocycles. The third kappa shape index (κ3) is 3.22. The number of nitrogens with zero attached hydrogens (tertiary/aromatic N) is 1. The highest BCUT2D eigenvalue weighted by atomic mass is 32.1. The zero-order chi connectivity index (χ0) is 13.8. The van der Waals surface area contributed by atoms with Gasteiger partial charge in [-0.3, -0.25) is 14.3 Å². The second kappa shape index (κ2) is 5.69. The third-order valence-corrected chi connectivity index (χ3v) is 3.43. The second-order valence-corrected chi connectivity index (χ2v) is 5.00. The Morgan fingerprint density at radius 2 is 2.26 bits per heavy atom. The minimum absolute atomic E-state index is 0.323. The number of hydrogen-bond acceptors (Lipinski definition) is 4. The molecule has 0 amide bonds. The van der Waals surface area contributed by atoms with Crippen LogP contribution in [0.15, 0.2) is 27.2 Å². The molecule has 2 aromatic heterocycles. The summed E-state index contributed by atoms with van der Waals surface area (Å²) in [6, 6.07) is 1.92. The molecule has 0 aliphatic rings. The largest absolute Gasteiger partial charge is 0.328 e. The summed E-state index contributed by atoms with van der Waals surface area (Å²) < 4.78 is 1.47. The maximum absolute atomic E-state index is 11.6. The summed E-state index contributed by atoms with van der Waals surface area (Å²) in [5.41, 5.74) is 5.96. The zero-order valence-corrected chi connectivity index (χ0v) is 11.2. The van der Waals surface area contributed by atoms with E-state index >= 15 is 0 Å². The van der Waals surface area contributed by atoms with Gasteiger partial charge in [-0.1, -0.05) is 11.8 Å². The van der Waals surface area contributed by atoms with Crippen molar-refractivity contribution in [3.63, 3.8) is 0 Å². The van der Waals surface area contributed by atoms with Crippen LogP contribution < -0.4 is 17.0 Å². The van der Waals surface area contributed by atoms with Crippen molar-refractivity contribution in [3.05, 3.63) is 54.5 Å². The van der Waals surface area contributed by atoms with Crippen molar-refractivity contribution in [1.82, 2.24) is 9.55 Å². The molecule has 19 heavy (non-hydrogen) atoms. The molecular weight excluding hydrogens is 262 g/mol. The fraction of sp³-hybridized carbons (Fsp3) is 0.231. The van der Waals surface area contributed by atoms with E-state index in [9.17, 15) is 9.59 Å². The van der Waals surface area contributed by atoms with Gasteiger partial charge in [0.1, 0.15) is 0 Å². The van der Waals surface area contributed by atoms with Crippen LogP contribution in [0.2, 0.25) is 0 Å². The van der Waals surface area contributed by atoms with Gasteiger partial charge in [-0.15, -0.1) is 11.3 Å². The van der Waals surface area contributed by atoms with Crippen LogP contribution in [0.5, 0.6) is 0 Å². The molecule has 0 atom stereocenters. The number of thiophene rings is 1. The van der Waals surface area contributed by atoms with Gasteiger partial charge in [0.15, 0.2) is 0 Å². The van der Waals surface area contributed by atoms with Crippen LogP contribution in [0.25, 0.3) is 0 Å². The summed E-state index contributed by atoms with van der Waals surface area (Å²) >= 11 is 1.52. The Bertz CT molecular complexity index is 758. The standard InChI is InChI=1S/C13H13N3O2S/c1-9-6-16(13(18)15-12(9)17)7-11-5-10(8-19-11)3-2-4-14/h5-6,8H,4,7,14H2,1H3,(H,15,17,18). The lowest BCUT2D eigenvalue weighted by atomic mass is 10.3. The van der Waals surface area contributed by atoms with E-state index < -0.39 is 5.69 Å². The summed E-state index contributed by atoms with van der Waals surface area (Å²) in [5.74, 6) is 5.71. The van der Waals surface area contributed by atoms with Crippen LogP contribution in [-0.4, -0.2) is 16.1 Å². The van der Waals surface area contributed by atoms with E-state index in [-0.39, 0.29) is 5.56 Å². The Labute approximate surface area is 113 Å². The highest BCUT2D eigenvalue weighted by Gasteiger charge is 2.03. The molecule has 0 aliphatic carbocycles. The van der Waals surface area contributed by atoms with E-state index in [2.05, 4.69) is 16.8 Å². The van der Waals surface area contributed by atoms with Crippen LogP contribution >= 0.6 is 11.3 Å². The highest BCUT2D eigenvalue weighted by molar-refractivity contribution is 7.10. The molecule has 0 saturated carbocycles. The van der Waals surface area contributed by atoms with E-state index in [4.69, 9.17) is 5.73 Å². The molecule has 3 N–H and O–H groups in total. The van der Waals surface area contributed by atoms with Crippen molar-refractivity contribution >= 4 is 11.3 Å². The number of rotatable bonds is 2. The van der Waals surface area contributed by atoms with Crippen LogP contribution in [0.1, 0.15) is 16.0 Å². The van der Waals surface area contributed by atoms with Crippen LogP contribution in [0, 0.1) is 18.8 Å². The minimum atomic E-state index is -0.404. The first kappa shape index (κ1) is 13.3. The molecule has 0 bridgehead atoms. The normalized spacial score (nSPS) is 10.0. The van der Waals surface area contributed by atoms with Gasteiger partial charge in [-0.2, -0.15) is 0 Å². The predicted octanol–water partition coefficient (Wildman–Crippen LogP) is 0.265. The molecule has 0 spiro atoms. The smallest absolute Gasteiger partial charge is 0.320 e. The van der Waals surface area contributed by atoms with Gasteiger partial charge in [0.25, 0.3) is 5.56 Å². The topological polar surface area (TPSA) is 80.9 Å². The Kier molecular flexibility index (Phi) is 4.00. The van der Waals surface area contributed by atoms with Gasteiger partial charge in [0.2, 0.25) is 0 Å². The Hall–Kier alpha value is -2.10. The summed E-state index contributed by atoms with van der Waals surface area (Å²) in [5, 5.41) is 1.92. The quantitative estimate of drug-likeness (QED) is 0.772. The van der Waals surface area contributed by atoms with Crippen LogP contribution in [0.4, 0.5) is 0 Å². The van der Waals surface area contributed by atoms with Crippen molar-refractivity contribution < 1.29 is 0 Å². The van der Waals surface area contributed by atoms with E-state index in [0.29, 0.717) is 18.7 Å². The Morgan fingerprint density at radius 3 is 3.00 bits per heavy atom.